The molecule has 0 unspecified atom stereocenters. The second-order valence-corrected chi connectivity index (χ2v) is 2.81. The molecule has 4 heteroatoms. The van der Waals surface area contributed by atoms with E-state index in [1.54, 1.807) is 6.92 Å². The van der Waals surface area contributed by atoms with Crippen molar-refractivity contribution in [2.75, 3.05) is 39.8 Å². The molecule has 72 valence electrons. The van der Waals surface area contributed by atoms with Crippen LogP contribution in [-0.2, 0) is 4.79 Å². The zero-order chi connectivity index (χ0) is 9.40. The minimum atomic E-state index is 0.108. The van der Waals surface area contributed by atoms with E-state index in [1.165, 1.54) is 0 Å². The number of likely N-dealkylation sites (N-methyl/N-ethyl adjacent to an activating group) is 1. The molecule has 0 atom stereocenters. The summed E-state index contributed by atoms with van der Waals surface area (Å²) < 4.78 is 0. The molecule has 0 rings (SSSR count). The summed E-state index contributed by atoms with van der Waals surface area (Å²) in [4.78, 5) is 12.7. The molecule has 0 radical (unpaired) electrons. The Kier molecular flexibility index (Phi) is 6.94. The molecule has 0 heterocycles. The number of carbonyl (C=O) groups is 1. The monoisotopic (exact) mass is 174 g/mol. The van der Waals surface area contributed by atoms with Crippen molar-refractivity contribution in [2.45, 2.75) is 6.92 Å². The van der Waals surface area contributed by atoms with Gasteiger partial charge in [-0.3, -0.25) is 9.69 Å². The molecule has 0 saturated heterocycles. The molecule has 0 saturated carbocycles. The predicted molar refractivity (Wildman–Crippen MR) is 48.1 cm³/mol. The van der Waals surface area contributed by atoms with E-state index in [9.17, 15) is 4.79 Å². The SMILES string of the molecule is CNCCN(CCO)CC(C)=O. The number of Topliss-reactive ketones (excluding diaryl/α,β-unsaturated/α-hetero) is 1. The molecule has 0 aliphatic rings. The van der Waals surface area contributed by atoms with Crippen molar-refractivity contribution in [1.82, 2.24) is 10.2 Å². The van der Waals surface area contributed by atoms with Crippen molar-refractivity contribution < 1.29 is 9.90 Å². The Morgan fingerprint density at radius 2 is 2.17 bits per heavy atom. The maximum Gasteiger partial charge on any atom is 0.143 e. The predicted octanol–water partition coefficient (Wildman–Crippen LogP) is -0.911. The summed E-state index contributed by atoms with van der Waals surface area (Å²) >= 11 is 0. The van der Waals surface area contributed by atoms with Crippen LogP contribution in [0.25, 0.3) is 0 Å². The van der Waals surface area contributed by atoms with Crippen LogP contribution in [-0.4, -0.2) is 55.6 Å². The summed E-state index contributed by atoms with van der Waals surface area (Å²) in [6, 6.07) is 0. The van der Waals surface area contributed by atoms with Gasteiger partial charge < -0.3 is 10.4 Å². The third kappa shape index (κ3) is 6.27. The quantitative estimate of drug-likeness (QED) is 0.524. The molecular weight excluding hydrogens is 156 g/mol. The van der Waals surface area contributed by atoms with E-state index in [0.717, 1.165) is 13.1 Å². The lowest BCUT2D eigenvalue weighted by molar-refractivity contribution is -0.118. The molecule has 0 spiro atoms. The lowest BCUT2D eigenvalue weighted by Gasteiger charge is -2.18. The molecule has 4 nitrogen and oxygen atoms in total. The fourth-order valence-electron chi connectivity index (χ4n) is 0.996. The van der Waals surface area contributed by atoms with Gasteiger partial charge in [-0.05, 0) is 14.0 Å². The van der Waals surface area contributed by atoms with Gasteiger partial charge >= 0.3 is 0 Å². The second kappa shape index (κ2) is 7.21. The van der Waals surface area contributed by atoms with Crippen LogP contribution in [0, 0.1) is 0 Å². The third-order valence-corrected chi connectivity index (χ3v) is 1.54. The van der Waals surface area contributed by atoms with Gasteiger partial charge in [0.05, 0.1) is 13.2 Å². The molecule has 12 heavy (non-hydrogen) atoms. The number of rotatable bonds is 7. The molecule has 0 aliphatic carbocycles. The second-order valence-electron chi connectivity index (χ2n) is 2.81. The standard InChI is InChI=1S/C8H18N2O2/c1-8(12)7-10(5-6-11)4-3-9-2/h9,11H,3-7H2,1-2H3. The van der Waals surface area contributed by atoms with Crippen LogP contribution in [0.5, 0.6) is 0 Å². The van der Waals surface area contributed by atoms with Gasteiger partial charge in [-0.2, -0.15) is 0 Å². The number of ketones is 1. The Morgan fingerprint density at radius 1 is 1.50 bits per heavy atom. The summed E-state index contributed by atoms with van der Waals surface area (Å²) in [5.41, 5.74) is 0. The van der Waals surface area contributed by atoms with Crippen molar-refractivity contribution in [3.05, 3.63) is 0 Å². The summed E-state index contributed by atoms with van der Waals surface area (Å²) in [6.07, 6.45) is 0. The minimum absolute atomic E-state index is 0.108. The molecule has 0 amide bonds. The van der Waals surface area contributed by atoms with Crippen LogP contribution < -0.4 is 5.32 Å². The number of aliphatic hydroxyl groups is 1. The smallest absolute Gasteiger partial charge is 0.143 e. The molecule has 0 bridgehead atoms. The fraction of sp³-hybridized carbons (Fsp3) is 0.875. The number of nitrogens with zero attached hydrogens (tertiary/aromatic N) is 1. The van der Waals surface area contributed by atoms with Gasteiger partial charge in [0.1, 0.15) is 5.78 Å². The first-order valence-electron chi connectivity index (χ1n) is 4.18. The molecule has 0 aromatic rings. The highest BCUT2D eigenvalue weighted by atomic mass is 16.3. The van der Waals surface area contributed by atoms with E-state index in [1.807, 2.05) is 11.9 Å². The Morgan fingerprint density at radius 3 is 2.58 bits per heavy atom. The van der Waals surface area contributed by atoms with Crippen molar-refractivity contribution in [3.63, 3.8) is 0 Å². The summed E-state index contributed by atoms with van der Waals surface area (Å²) in [6.45, 7) is 4.31. The topological polar surface area (TPSA) is 52.6 Å². The van der Waals surface area contributed by atoms with Crippen LogP contribution >= 0.6 is 0 Å². The van der Waals surface area contributed by atoms with Gasteiger partial charge in [0.2, 0.25) is 0 Å². The highest BCUT2D eigenvalue weighted by Crippen LogP contribution is 1.86. The Balaban J connectivity index is 3.61. The molecular formula is C8H18N2O2. The first-order chi connectivity index (χ1) is 5.70. The summed E-state index contributed by atoms with van der Waals surface area (Å²) in [5.74, 6) is 0.138. The maximum atomic E-state index is 10.7. The maximum absolute atomic E-state index is 10.7. The van der Waals surface area contributed by atoms with Gasteiger partial charge in [-0.25, -0.2) is 0 Å². The lowest BCUT2D eigenvalue weighted by atomic mass is 10.3. The fourth-order valence-corrected chi connectivity index (χ4v) is 0.996. The molecule has 0 aliphatic heterocycles. The van der Waals surface area contributed by atoms with E-state index in [0.29, 0.717) is 13.1 Å². The number of carbonyl (C=O) groups excluding carboxylic acids is 1. The van der Waals surface area contributed by atoms with E-state index in [-0.39, 0.29) is 12.4 Å². The van der Waals surface area contributed by atoms with Gasteiger partial charge in [0.25, 0.3) is 0 Å². The first kappa shape index (κ1) is 11.6. The van der Waals surface area contributed by atoms with E-state index >= 15 is 0 Å². The number of nitrogens with one attached hydrogen (secondary N) is 1. The summed E-state index contributed by atoms with van der Waals surface area (Å²) in [7, 11) is 1.87. The first-order valence-corrected chi connectivity index (χ1v) is 4.18. The molecule has 0 aromatic heterocycles. The van der Waals surface area contributed by atoms with Crippen LogP contribution in [0.4, 0.5) is 0 Å². The van der Waals surface area contributed by atoms with E-state index < -0.39 is 0 Å². The van der Waals surface area contributed by atoms with Gasteiger partial charge in [0, 0.05) is 19.6 Å². The van der Waals surface area contributed by atoms with Crippen LogP contribution in [0.3, 0.4) is 0 Å². The lowest BCUT2D eigenvalue weighted by Crippen LogP contribution is -2.36. The minimum Gasteiger partial charge on any atom is -0.395 e. The van der Waals surface area contributed by atoms with Gasteiger partial charge in [-0.1, -0.05) is 0 Å². The normalized spacial score (nSPS) is 10.7. The van der Waals surface area contributed by atoms with Crippen LogP contribution in [0.1, 0.15) is 6.92 Å². The molecule has 0 aromatic carbocycles. The molecule has 2 N–H and O–H groups in total. The largest absolute Gasteiger partial charge is 0.395 e. The number of hydrogen-bond acceptors (Lipinski definition) is 4. The number of hydrogen-bond donors (Lipinski definition) is 2. The third-order valence-electron chi connectivity index (χ3n) is 1.54. The van der Waals surface area contributed by atoms with Gasteiger partial charge in [0.15, 0.2) is 0 Å². The van der Waals surface area contributed by atoms with Crippen molar-refractivity contribution in [3.8, 4) is 0 Å². The molecule has 0 fully saturated rings. The number of aliphatic hydroxyl groups excluding tert-OH is 1. The average molecular weight is 174 g/mol. The summed E-state index contributed by atoms with van der Waals surface area (Å²) in [5, 5.41) is 11.7. The van der Waals surface area contributed by atoms with Crippen molar-refractivity contribution in [2.24, 2.45) is 0 Å². The van der Waals surface area contributed by atoms with E-state index in [4.69, 9.17) is 5.11 Å². The zero-order valence-corrected chi connectivity index (χ0v) is 7.84. The highest BCUT2D eigenvalue weighted by Gasteiger charge is 2.05. The highest BCUT2D eigenvalue weighted by molar-refractivity contribution is 5.77. The Hall–Kier alpha value is -0.450. The van der Waals surface area contributed by atoms with Crippen molar-refractivity contribution in [1.29, 1.82) is 0 Å². The Labute approximate surface area is 73.6 Å². The van der Waals surface area contributed by atoms with Crippen molar-refractivity contribution >= 4 is 5.78 Å². The van der Waals surface area contributed by atoms with Crippen LogP contribution in [0.15, 0.2) is 0 Å². The Bertz CT molecular complexity index is 128. The van der Waals surface area contributed by atoms with E-state index in [2.05, 4.69) is 5.32 Å². The average Bonchev–Trinajstić information content (AvgIpc) is 2.00. The van der Waals surface area contributed by atoms with Crippen LogP contribution in [0.2, 0.25) is 0 Å². The van der Waals surface area contributed by atoms with Gasteiger partial charge in [-0.15, -0.1) is 0 Å². The zero-order valence-electron chi connectivity index (χ0n) is 7.84.